The molecule has 0 saturated heterocycles. The van der Waals surface area contributed by atoms with E-state index in [2.05, 4.69) is 18.2 Å². The molecule has 0 aliphatic carbocycles. The van der Waals surface area contributed by atoms with Gasteiger partial charge in [-0.2, -0.15) is 0 Å². The SMILES string of the molecule is COc1ccc([C@@H]2Sc3cc(Sc4ccccc4)ccc3N(CCN(C)C)C(=O)[C@@H]2O)cc1. The minimum atomic E-state index is -1.15. The van der Waals surface area contributed by atoms with Crippen LogP contribution in [-0.2, 0) is 4.79 Å². The van der Waals surface area contributed by atoms with Crippen molar-refractivity contribution in [2.75, 3.05) is 39.2 Å². The molecular formula is C26H28N2O3S2. The largest absolute Gasteiger partial charge is 0.497 e. The molecule has 3 aromatic rings. The van der Waals surface area contributed by atoms with Gasteiger partial charge in [-0.3, -0.25) is 4.79 Å². The van der Waals surface area contributed by atoms with Crippen molar-refractivity contribution >= 4 is 35.1 Å². The molecule has 0 aromatic heterocycles. The van der Waals surface area contributed by atoms with Crippen LogP contribution in [0, 0.1) is 0 Å². The molecule has 0 unspecified atom stereocenters. The highest BCUT2D eigenvalue weighted by atomic mass is 32.2. The van der Waals surface area contributed by atoms with Crippen molar-refractivity contribution in [3.8, 4) is 5.75 Å². The van der Waals surface area contributed by atoms with Crippen LogP contribution in [0.25, 0.3) is 0 Å². The van der Waals surface area contributed by atoms with Crippen molar-refractivity contribution in [3.63, 3.8) is 0 Å². The van der Waals surface area contributed by atoms with E-state index >= 15 is 0 Å². The molecular weight excluding hydrogens is 452 g/mol. The van der Waals surface area contributed by atoms with E-state index in [0.717, 1.165) is 31.7 Å². The van der Waals surface area contributed by atoms with Gasteiger partial charge in [-0.1, -0.05) is 42.1 Å². The van der Waals surface area contributed by atoms with Gasteiger partial charge >= 0.3 is 0 Å². The van der Waals surface area contributed by atoms with E-state index < -0.39 is 11.4 Å². The number of aliphatic hydroxyl groups excluding tert-OH is 1. The molecule has 3 aromatic carbocycles. The summed E-state index contributed by atoms with van der Waals surface area (Å²) in [5, 5.41) is 10.7. The molecule has 33 heavy (non-hydrogen) atoms. The first kappa shape index (κ1) is 23.7. The highest BCUT2D eigenvalue weighted by Crippen LogP contribution is 2.47. The third-order valence-corrected chi connectivity index (χ3v) is 7.84. The number of benzene rings is 3. The quantitative estimate of drug-likeness (QED) is 0.517. The summed E-state index contributed by atoms with van der Waals surface area (Å²) in [6, 6.07) is 24.0. The number of amides is 1. The van der Waals surface area contributed by atoms with Crippen LogP contribution >= 0.6 is 23.5 Å². The number of hydrogen-bond acceptors (Lipinski definition) is 6. The minimum absolute atomic E-state index is 0.271. The maximum absolute atomic E-state index is 13.4. The highest BCUT2D eigenvalue weighted by molar-refractivity contribution is 8.00. The third kappa shape index (κ3) is 5.55. The van der Waals surface area contributed by atoms with Crippen molar-refractivity contribution in [1.82, 2.24) is 4.90 Å². The predicted octanol–water partition coefficient (Wildman–Crippen LogP) is 4.95. The lowest BCUT2D eigenvalue weighted by Gasteiger charge is -2.26. The Balaban J connectivity index is 1.72. The van der Waals surface area contributed by atoms with Crippen LogP contribution in [0.4, 0.5) is 5.69 Å². The molecule has 1 aliphatic rings. The summed E-state index contributed by atoms with van der Waals surface area (Å²) < 4.78 is 5.28. The number of methoxy groups -OCH3 is 1. The van der Waals surface area contributed by atoms with Crippen LogP contribution < -0.4 is 9.64 Å². The maximum atomic E-state index is 13.4. The Morgan fingerprint density at radius 2 is 1.76 bits per heavy atom. The molecule has 1 aliphatic heterocycles. The normalized spacial score (nSPS) is 18.2. The van der Waals surface area contributed by atoms with Gasteiger partial charge in [0.1, 0.15) is 11.9 Å². The van der Waals surface area contributed by atoms with E-state index in [1.807, 2.05) is 73.6 Å². The average molecular weight is 481 g/mol. The molecule has 0 saturated carbocycles. The molecule has 1 heterocycles. The lowest BCUT2D eigenvalue weighted by atomic mass is 10.1. The van der Waals surface area contributed by atoms with Crippen molar-refractivity contribution in [2.24, 2.45) is 0 Å². The fraction of sp³-hybridized carbons (Fsp3) is 0.269. The minimum Gasteiger partial charge on any atom is -0.497 e. The summed E-state index contributed by atoms with van der Waals surface area (Å²) in [5.41, 5.74) is 1.74. The van der Waals surface area contributed by atoms with Crippen LogP contribution in [0.15, 0.2) is 87.5 Å². The molecule has 0 radical (unpaired) electrons. The zero-order valence-electron chi connectivity index (χ0n) is 19.0. The zero-order chi connectivity index (χ0) is 23.4. The van der Waals surface area contributed by atoms with Crippen molar-refractivity contribution in [3.05, 3.63) is 78.4 Å². The first-order valence-electron chi connectivity index (χ1n) is 10.8. The summed E-state index contributed by atoms with van der Waals surface area (Å²) in [7, 11) is 5.58. The van der Waals surface area contributed by atoms with Crippen molar-refractivity contribution in [1.29, 1.82) is 0 Å². The second-order valence-corrected chi connectivity index (χ2v) is 10.4. The Morgan fingerprint density at radius 1 is 1.03 bits per heavy atom. The monoisotopic (exact) mass is 480 g/mol. The number of ether oxygens (including phenoxy) is 1. The smallest absolute Gasteiger partial charge is 0.257 e. The molecule has 4 rings (SSSR count). The number of hydrogen-bond donors (Lipinski definition) is 1. The average Bonchev–Trinajstić information content (AvgIpc) is 2.93. The van der Waals surface area contributed by atoms with E-state index in [1.54, 1.807) is 23.8 Å². The number of rotatable bonds is 7. The fourth-order valence-electron chi connectivity index (χ4n) is 3.68. The highest BCUT2D eigenvalue weighted by Gasteiger charge is 2.37. The Hall–Kier alpha value is -2.45. The summed E-state index contributed by atoms with van der Waals surface area (Å²) in [6.07, 6.45) is -1.15. The fourth-order valence-corrected chi connectivity index (χ4v) is 5.94. The van der Waals surface area contributed by atoms with E-state index in [1.165, 1.54) is 11.8 Å². The number of carbonyl (C=O) groups is 1. The molecule has 7 heteroatoms. The van der Waals surface area contributed by atoms with Crippen LogP contribution in [0.3, 0.4) is 0 Å². The van der Waals surface area contributed by atoms with Gasteiger partial charge in [0.25, 0.3) is 5.91 Å². The van der Waals surface area contributed by atoms with Gasteiger partial charge in [0, 0.05) is 27.8 Å². The number of nitrogens with zero attached hydrogens (tertiary/aromatic N) is 2. The number of aliphatic hydroxyl groups is 1. The van der Waals surface area contributed by atoms with Crippen LogP contribution in [0.1, 0.15) is 10.8 Å². The molecule has 2 atom stereocenters. The maximum Gasteiger partial charge on any atom is 0.257 e. The second-order valence-electron chi connectivity index (χ2n) is 8.09. The lowest BCUT2D eigenvalue weighted by molar-refractivity contribution is -0.126. The molecule has 0 bridgehead atoms. The summed E-state index contributed by atoms with van der Waals surface area (Å²) in [5.74, 6) is 0.472. The van der Waals surface area contributed by atoms with Gasteiger partial charge in [0.2, 0.25) is 0 Å². The predicted molar refractivity (Wildman–Crippen MR) is 136 cm³/mol. The molecule has 0 fully saturated rings. The molecule has 1 N–H and O–H groups in total. The van der Waals surface area contributed by atoms with Gasteiger partial charge in [0.15, 0.2) is 0 Å². The number of thioether (sulfide) groups is 1. The Kier molecular flexibility index (Phi) is 7.65. The van der Waals surface area contributed by atoms with Crippen molar-refractivity contribution < 1.29 is 14.6 Å². The Labute approximate surface area is 203 Å². The van der Waals surface area contributed by atoms with Gasteiger partial charge in [-0.25, -0.2) is 0 Å². The number of likely N-dealkylation sites (N-methyl/N-ethyl adjacent to an activating group) is 1. The van der Waals surface area contributed by atoms with Crippen LogP contribution in [-0.4, -0.2) is 56.3 Å². The Morgan fingerprint density at radius 3 is 2.42 bits per heavy atom. The Bertz CT molecular complexity index is 1090. The van der Waals surface area contributed by atoms with E-state index in [0.29, 0.717) is 13.1 Å². The lowest BCUT2D eigenvalue weighted by Crippen LogP contribution is -2.43. The van der Waals surface area contributed by atoms with Crippen molar-refractivity contribution in [2.45, 2.75) is 26.0 Å². The number of anilines is 1. The van der Waals surface area contributed by atoms with Gasteiger partial charge < -0.3 is 19.6 Å². The molecule has 0 spiro atoms. The molecule has 172 valence electrons. The summed E-state index contributed by atoms with van der Waals surface area (Å²) in [6.45, 7) is 1.22. The topological polar surface area (TPSA) is 53.0 Å². The van der Waals surface area contributed by atoms with Gasteiger partial charge in [-0.15, -0.1) is 11.8 Å². The summed E-state index contributed by atoms with van der Waals surface area (Å²) >= 11 is 3.22. The molecule has 5 nitrogen and oxygen atoms in total. The summed E-state index contributed by atoms with van der Waals surface area (Å²) in [4.78, 5) is 20.4. The first-order chi connectivity index (χ1) is 16.0. The van der Waals surface area contributed by atoms with E-state index in [-0.39, 0.29) is 5.91 Å². The first-order valence-corrected chi connectivity index (χ1v) is 12.5. The van der Waals surface area contributed by atoms with Crippen LogP contribution in [0.2, 0.25) is 0 Å². The number of fused-ring (bicyclic) bond motifs is 1. The zero-order valence-corrected chi connectivity index (χ0v) is 20.6. The standard InChI is InChI=1S/C26H28N2O3S2/c1-27(2)15-16-28-22-14-13-21(32-20-7-5-4-6-8-20)17-23(22)33-25(24(29)26(28)30)18-9-11-19(31-3)12-10-18/h4-14,17,24-25,29H,15-16H2,1-3H3/t24-,25+/m1/s1. The number of carbonyl (C=O) groups excluding carboxylic acids is 1. The van der Waals surface area contributed by atoms with Crippen LogP contribution in [0.5, 0.6) is 5.75 Å². The third-order valence-electron chi connectivity index (χ3n) is 5.48. The van der Waals surface area contributed by atoms with Gasteiger partial charge in [0.05, 0.1) is 18.0 Å². The second kappa shape index (κ2) is 10.7. The van der Waals surface area contributed by atoms with E-state index in [9.17, 15) is 9.90 Å². The van der Waals surface area contributed by atoms with E-state index in [4.69, 9.17) is 4.74 Å². The van der Waals surface area contributed by atoms with Gasteiger partial charge in [-0.05, 0) is 62.1 Å². The molecule has 1 amide bonds.